The third kappa shape index (κ3) is 3.58. The average molecular weight is 415 g/mol. The molecule has 0 atom stereocenters. The molecule has 0 amide bonds. The van der Waals surface area contributed by atoms with Crippen LogP contribution in [0.5, 0.6) is 0 Å². The first kappa shape index (κ1) is 18.2. The topological polar surface area (TPSA) is 60.4 Å². The maximum atomic E-state index is 13.1. The molecule has 0 aliphatic rings. The van der Waals surface area contributed by atoms with Gasteiger partial charge in [0.05, 0.1) is 0 Å². The van der Waals surface area contributed by atoms with Gasteiger partial charge in [-0.05, 0) is 48.0 Å². The summed E-state index contributed by atoms with van der Waals surface area (Å²) < 4.78 is 20.6. The Bertz CT molecular complexity index is 1460. The van der Waals surface area contributed by atoms with Crippen molar-refractivity contribution in [1.82, 2.24) is 14.6 Å². The number of rotatable bonds is 4. The Labute approximate surface area is 174 Å². The van der Waals surface area contributed by atoms with Crippen molar-refractivity contribution in [3.8, 4) is 11.3 Å². The van der Waals surface area contributed by atoms with E-state index < -0.39 is 0 Å². The Hall–Kier alpha value is -3.84. The van der Waals surface area contributed by atoms with Crippen molar-refractivity contribution >= 4 is 34.5 Å². The van der Waals surface area contributed by atoms with Crippen LogP contribution >= 0.6 is 11.3 Å². The molecule has 5 aromatic rings. The standard InChI is InChI=1S/C23H14FN3O2S/c24-17-9-7-16(8-10-17)19-12-11-18(29-19)14-20-22(28)27-23(30-20)25-21(26-27)13-6-15-4-2-1-3-5-15/h1-14H. The van der Waals surface area contributed by atoms with E-state index in [1.807, 2.05) is 36.4 Å². The summed E-state index contributed by atoms with van der Waals surface area (Å²) in [6.45, 7) is 0. The number of hydrogen-bond acceptors (Lipinski definition) is 5. The lowest BCUT2D eigenvalue weighted by atomic mass is 10.2. The number of fused-ring (bicyclic) bond motifs is 1. The lowest BCUT2D eigenvalue weighted by molar-refractivity contribution is 0.571. The number of furan rings is 1. The minimum Gasteiger partial charge on any atom is -0.457 e. The van der Waals surface area contributed by atoms with Crippen molar-refractivity contribution in [2.45, 2.75) is 0 Å². The van der Waals surface area contributed by atoms with Crippen molar-refractivity contribution in [1.29, 1.82) is 0 Å². The maximum absolute atomic E-state index is 13.1. The number of thiazole rings is 1. The zero-order chi connectivity index (χ0) is 20.5. The second-order valence-corrected chi connectivity index (χ2v) is 7.54. The van der Waals surface area contributed by atoms with Gasteiger partial charge in [0.25, 0.3) is 5.56 Å². The molecule has 0 spiro atoms. The normalized spacial score (nSPS) is 12.4. The summed E-state index contributed by atoms with van der Waals surface area (Å²) >= 11 is 1.25. The Morgan fingerprint density at radius 1 is 0.967 bits per heavy atom. The van der Waals surface area contributed by atoms with Crippen LogP contribution in [0.15, 0.2) is 75.9 Å². The number of benzene rings is 2. The third-order valence-corrected chi connectivity index (χ3v) is 5.41. The molecule has 3 aromatic heterocycles. The molecule has 0 unspecified atom stereocenters. The van der Waals surface area contributed by atoms with Crippen LogP contribution in [0.25, 0.3) is 34.5 Å². The van der Waals surface area contributed by atoms with Crippen LogP contribution < -0.4 is 10.1 Å². The molecule has 0 aliphatic carbocycles. The van der Waals surface area contributed by atoms with E-state index in [0.717, 1.165) is 11.1 Å². The summed E-state index contributed by atoms with van der Waals surface area (Å²) in [4.78, 5) is 17.6. The molecule has 0 radical (unpaired) electrons. The van der Waals surface area contributed by atoms with Crippen molar-refractivity contribution < 1.29 is 8.81 Å². The number of halogens is 1. The molecule has 5 nitrogen and oxygen atoms in total. The van der Waals surface area contributed by atoms with Gasteiger partial charge in [0.2, 0.25) is 4.96 Å². The SMILES string of the molecule is O=c1c(=Cc2ccc(-c3ccc(F)cc3)o2)sc2nc(C=Cc3ccccc3)nn12. The fourth-order valence-corrected chi connectivity index (χ4v) is 3.88. The molecule has 30 heavy (non-hydrogen) atoms. The van der Waals surface area contributed by atoms with Crippen LogP contribution in [-0.2, 0) is 0 Å². The van der Waals surface area contributed by atoms with E-state index in [2.05, 4.69) is 10.1 Å². The monoisotopic (exact) mass is 415 g/mol. The van der Waals surface area contributed by atoms with Crippen LogP contribution in [0.4, 0.5) is 4.39 Å². The van der Waals surface area contributed by atoms with Gasteiger partial charge in [-0.25, -0.2) is 4.39 Å². The Morgan fingerprint density at radius 2 is 1.77 bits per heavy atom. The molecule has 3 heterocycles. The van der Waals surface area contributed by atoms with E-state index in [0.29, 0.717) is 26.8 Å². The van der Waals surface area contributed by atoms with Crippen molar-refractivity contribution in [2.75, 3.05) is 0 Å². The molecule has 0 bridgehead atoms. The molecule has 0 saturated heterocycles. The smallest absolute Gasteiger partial charge is 0.291 e. The zero-order valence-corrected chi connectivity index (χ0v) is 16.3. The fourth-order valence-electron chi connectivity index (χ4n) is 2.98. The molecule has 0 saturated carbocycles. The first-order valence-electron chi connectivity index (χ1n) is 9.16. The molecule has 146 valence electrons. The van der Waals surface area contributed by atoms with Crippen LogP contribution in [0.2, 0.25) is 0 Å². The van der Waals surface area contributed by atoms with Gasteiger partial charge in [-0.15, -0.1) is 5.10 Å². The summed E-state index contributed by atoms with van der Waals surface area (Å²) in [5.41, 5.74) is 1.54. The molecule has 0 N–H and O–H groups in total. The predicted octanol–water partition coefficient (Wildman–Crippen LogP) is 4.27. The molecule has 5 rings (SSSR count). The van der Waals surface area contributed by atoms with E-state index in [1.165, 1.54) is 28.0 Å². The van der Waals surface area contributed by atoms with Crippen LogP contribution in [-0.4, -0.2) is 14.6 Å². The van der Waals surface area contributed by atoms with Gasteiger partial charge in [-0.2, -0.15) is 9.50 Å². The highest BCUT2D eigenvalue weighted by Gasteiger charge is 2.10. The van der Waals surface area contributed by atoms with Gasteiger partial charge in [-0.3, -0.25) is 4.79 Å². The second kappa shape index (κ2) is 7.53. The van der Waals surface area contributed by atoms with Crippen LogP contribution in [0.1, 0.15) is 17.1 Å². The largest absolute Gasteiger partial charge is 0.457 e. The summed E-state index contributed by atoms with van der Waals surface area (Å²) in [6, 6.07) is 19.4. The third-order valence-electron chi connectivity index (χ3n) is 4.45. The first-order valence-corrected chi connectivity index (χ1v) is 9.97. The minimum absolute atomic E-state index is 0.249. The molecule has 0 fully saturated rings. The summed E-state index contributed by atoms with van der Waals surface area (Å²) in [6.07, 6.45) is 5.34. The maximum Gasteiger partial charge on any atom is 0.291 e. The van der Waals surface area contributed by atoms with Crippen LogP contribution in [0.3, 0.4) is 0 Å². The van der Waals surface area contributed by atoms with Crippen LogP contribution in [0, 0.1) is 5.82 Å². The van der Waals surface area contributed by atoms with E-state index in [1.54, 1.807) is 36.4 Å². The molecule has 0 aliphatic heterocycles. The van der Waals surface area contributed by atoms with Gasteiger partial charge in [-0.1, -0.05) is 47.7 Å². The molecule has 2 aromatic carbocycles. The summed E-state index contributed by atoms with van der Waals surface area (Å²) in [5, 5.41) is 4.28. The van der Waals surface area contributed by atoms with E-state index in [9.17, 15) is 9.18 Å². The second-order valence-electron chi connectivity index (χ2n) is 6.53. The van der Waals surface area contributed by atoms with Gasteiger partial charge in [0.1, 0.15) is 21.9 Å². The Balaban J connectivity index is 1.44. The molecular formula is C23H14FN3O2S. The Kier molecular flexibility index (Phi) is 4.57. The number of nitrogens with zero attached hydrogens (tertiary/aromatic N) is 3. The fraction of sp³-hybridized carbons (Fsp3) is 0. The van der Waals surface area contributed by atoms with Gasteiger partial charge >= 0.3 is 0 Å². The highest BCUT2D eigenvalue weighted by atomic mass is 32.1. The lowest BCUT2D eigenvalue weighted by Gasteiger charge is -1.95. The van der Waals surface area contributed by atoms with Gasteiger partial charge < -0.3 is 4.42 Å². The van der Waals surface area contributed by atoms with Gasteiger partial charge in [0.15, 0.2) is 5.82 Å². The van der Waals surface area contributed by atoms with E-state index in [4.69, 9.17) is 4.42 Å². The minimum atomic E-state index is -0.305. The summed E-state index contributed by atoms with van der Waals surface area (Å²) in [7, 11) is 0. The molecule has 7 heteroatoms. The number of aromatic nitrogens is 3. The van der Waals surface area contributed by atoms with Crippen molar-refractivity contribution in [3.05, 3.63) is 105 Å². The summed E-state index contributed by atoms with van der Waals surface area (Å²) in [5.74, 6) is 1.30. The van der Waals surface area contributed by atoms with Gasteiger partial charge in [0, 0.05) is 11.6 Å². The predicted molar refractivity (Wildman–Crippen MR) is 115 cm³/mol. The van der Waals surface area contributed by atoms with Crippen molar-refractivity contribution in [2.24, 2.45) is 0 Å². The Morgan fingerprint density at radius 3 is 2.53 bits per heavy atom. The zero-order valence-electron chi connectivity index (χ0n) is 15.5. The average Bonchev–Trinajstić information content (AvgIpc) is 3.46. The molecular weight excluding hydrogens is 401 g/mol. The lowest BCUT2D eigenvalue weighted by Crippen LogP contribution is -2.23. The first-order chi connectivity index (χ1) is 14.7. The van der Waals surface area contributed by atoms with Crippen molar-refractivity contribution in [3.63, 3.8) is 0 Å². The number of hydrogen-bond donors (Lipinski definition) is 0. The van der Waals surface area contributed by atoms with E-state index in [-0.39, 0.29) is 11.4 Å². The quantitative estimate of drug-likeness (QED) is 0.440. The highest BCUT2D eigenvalue weighted by molar-refractivity contribution is 7.15. The highest BCUT2D eigenvalue weighted by Crippen LogP contribution is 2.22. The van der Waals surface area contributed by atoms with E-state index >= 15 is 0 Å².